The summed E-state index contributed by atoms with van der Waals surface area (Å²) in [4.78, 5) is 25.9. The van der Waals surface area contributed by atoms with E-state index in [4.69, 9.17) is 23.2 Å². The second kappa shape index (κ2) is 9.57. The maximum absolute atomic E-state index is 13.2. The van der Waals surface area contributed by atoms with Crippen molar-refractivity contribution in [2.24, 2.45) is 0 Å². The van der Waals surface area contributed by atoms with E-state index in [0.29, 0.717) is 21.3 Å². The molecular weight excluding hydrogens is 486 g/mol. The molecule has 168 valence electrons. The van der Waals surface area contributed by atoms with E-state index < -0.39 is 17.1 Å². The van der Waals surface area contributed by atoms with E-state index in [1.165, 1.54) is 28.6 Å². The number of fused-ring (bicyclic) bond motifs is 1. The molecule has 0 fully saturated rings. The van der Waals surface area contributed by atoms with Crippen LogP contribution < -0.4 is 9.62 Å². The Morgan fingerprint density at radius 3 is 2.52 bits per heavy atom. The highest BCUT2D eigenvalue weighted by Gasteiger charge is 2.38. The van der Waals surface area contributed by atoms with Crippen molar-refractivity contribution in [1.82, 2.24) is 5.32 Å². The van der Waals surface area contributed by atoms with Crippen molar-refractivity contribution in [3.63, 3.8) is 0 Å². The molecule has 1 unspecified atom stereocenters. The molecule has 4 rings (SSSR count). The number of nitrogens with zero attached hydrogens (tertiary/aromatic N) is 1. The Morgan fingerprint density at radius 2 is 1.82 bits per heavy atom. The van der Waals surface area contributed by atoms with Crippen molar-refractivity contribution in [2.45, 2.75) is 6.54 Å². The second-order valence-electron chi connectivity index (χ2n) is 7.30. The molecule has 1 heterocycles. The Bertz CT molecular complexity index is 1280. The standard InChI is InChI=1S/C24H17Cl2FN2O3S/c1-29-21-9-5-16(24(31)28-13-14-2-6-17(27)7-3-14)12-18(21)23(30)22(33(29)32)11-15-4-8-19(25)20(26)10-15/h2-12H,13H2,1H3,(H,28,31)/b22-11+. The number of carbonyl (C=O) groups excluding carboxylic acids is 2. The van der Waals surface area contributed by atoms with Gasteiger partial charge in [-0.05, 0) is 53.6 Å². The maximum Gasteiger partial charge on any atom is 0.251 e. The van der Waals surface area contributed by atoms with Crippen molar-refractivity contribution in [3.8, 4) is 0 Å². The second-order valence-corrected chi connectivity index (χ2v) is 9.60. The molecule has 1 atom stereocenters. The molecule has 1 aliphatic rings. The first-order chi connectivity index (χ1) is 15.7. The first-order valence-electron chi connectivity index (χ1n) is 9.78. The summed E-state index contributed by atoms with van der Waals surface area (Å²) in [5, 5.41) is 3.43. The first-order valence-corrected chi connectivity index (χ1v) is 11.6. The topological polar surface area (TPSA) is 72.5 Å². The molecule has 0 saturated heterocycles. The molecular formula is C24H17Cl2FN2O3S. The molecule has 33 heavy (non-hydrogen) atoms. The minimum atomic E-state index is -1.74. The van der Waals surface area contributed by atoms with E-state index >= 15 is 0 Å². The van der Waals surface area contributed by atoms with Crippen molar-refractivity contribution in [2.75, 3.05) is 11.4 Å². The van der Waals surface area contributed by atoms with E-state index in [-0.39, 0.29) is 34.3 Å². The third kappa shape index (κ3) is 4.91. The molecule has 9 heteroatoms. The van der Waals surface area contributed by atoms with Gasteiger partial charge in [-0.3, -0.25) is 9.59 Å². The number of allylic oxidation sites excluding steroid dienone is 1. The molecule has 0 bridgehead atoms. The Hall–Kier alpha value is -2.84. The minimum Gasteiger partial charge on any atom is -0.588 e. The largest absolute Gasteiger partial charge is 0.588 e. The van der Waals surface area contributed by atoms with Gasteiger partial charge in [0.1, 0.15) is 17.2 Å². The average Bonchev–Trinajstić information content (AvgIpc) is 2.81. The van der Waals surface area contributed by atoms with E-state index in [0.717, 1.165) is 5.56 Å². The number of Topliss-reactive ketones (excluding diaryl/α,β-unsaturated/α-hetero) is 1. The fraction of sp³-hybridized carbons (Fsp3) is 0.0833. The number of hydrogen-bond donors (Lipinski definition) is 1. The van der Waals surface area contributed by atoms with Gasteiger partial charge in [0.2, 0.25) is 10.7 Å². The Labute approximate surface area is 203 Å². The lowest BCUT2D eigenvalue weighted by molar-refractivity contribution is 0.0951. The highest BCUT2D eigenvalue weighted by Crippen LogP contribution is 2.36. The number of halogens is 3. The monoisotopic (exact) mass is 502 g/mol. The molecule has 3 aromatic carbocycles. The summed E-state index contributed by atoms with van der Waals surface area (Å²) in [7, 11) is 1.61. The number of carbonyl (C=O) groups is 2. The highest BCUT2D eigenvalue weighted by atomic mass is 35.5. The molecule has 1 amide bonds. The fourth-order valence-corrected chi connectivity index (χ4v) is 4.78. The van der Waals surface area contributed by atoms with Gasteiger partial charge in [-0.2, -0.15) is 4.31 Å². The Balaban J connectivity index is 1.61. The summed E-state index contributed by atoms with van der Waals surface area (Å²) in [6.07, 6.45) is 1.50. The van der Waals surface area contributed by atoms with Gasteiger partial charge in [0.15, 0.2) is 0 Å². The number of benzene rings is 3. The van der Waals surface area contributed by atoms with E-state index in [1.807, 2.05) is 0 Å². The van der Waals surface area contributed by atoms with Crippen LogP contribution in [0.4, 0.5) is 10.1 Å². The summed E-state index contributed by atoms with van der Waals surface area (Å²) in [5.41, 5.74) is 2.31. The van der Waals surface area contributed by atoms with Gasteiger partial charge >= 0.3 is 0 Å². The van der Waals surface area contributed by atoms with Gasteiger partial charge in [-0.15, -0.1) is 0 Å². The first kappa shape index (κ1) is 23.3. The normalized spacial score (nSPS) is 16.6. The predicted octanol–water partition coefficient (Wildman–Crippen LogP) is 5.40. The van der Waals surface area contributed by atoms with Crippen LogP contribution in [-0.2, 0) is 17.9 Å². The lowest BCUT2D eigenvalue weighted by Crippen LogP contribution is -2.36. The van der Waals surface area contributed by atoms with Crippen molar-refractivity contribution in [1.29, 1.82) is 0 Å². The average molecular weight is 503 g/mol. The number of nitrogens with one attached hydrogen (secondary N) is 1. The lowest BCUT2D eigenvalue weighted by Gasteiger charge is -2.29. The molecule has 0 aliphatic carbocycles. The van der Waals surface area contributed by atoms with Crippen LogP contribution in [-0.4, -0.2) is 23.3 Å². The van der Waals surface area contributed by atoms with E-state index in [2.05, 4.69) is 5.32 Å². The molecule has 1 aliphatic heterocycles. The van der Waals surface area contributed by atoms with Crippen LogP contribution in [0.3, 0.4) is 0 Å². The Morgan fingerprint density at radius 1 is 1.09 bits per heavy atom. The molecule has 3 aromatic rings. The summed E-state index contributed by atoms with van der Waals surface area (Å²) in [6, 6.07) is 15.3. The van der Waals surface area contributed by atoms with Crippen molar-refractivity contribution in [3.05, 3.63) is 104 Å². The fourth-order valence-electron chi connectivity index (χ4n) is 3.34. The van der Waals surface area contributed by atoms with Crippen LogP contribution in [0.25, 0.3) is 6.08 Å². The smallest absolute Gasteiger partial charge is 0.251 e. The molecule has 5 nitrogen and oxygen atoms in total. The number of amides is 1. The number of rotatable bonds is 4. The van der Waals surface area contributed by atoms with Crippen LogP contribution in [0.1, 0.15) is 31.8 Å². The van der Waals surface area contributed by atoms with Gasteiger partial charge in [-0.1, -0.05) is 41.4 Å². The van der Waals surface area contributed by atoms with Crippen molar-refractivity contribution < 1.29 is 18.5 Å². The zero-order chi connectivity index (χ0) is 23.7. The summed E-state index contributed by atoms with van der Waals surface area (Å²) in [5.74, 6) is -1.19. The van der Waals surface area contributed by atoms with E-state index in [1.54, 1.807) is 49.5 Å². The number of hydrogen-bond acceptors (Lipinski definition) is 4. The SMILES string of the molecule is CN1c2ccc(C(=O)NCc3ccc(F)cc3)cc2C(=O)/C(=C\c2ccc(Cl)c(Cl)c2)[S+]1[O-]. The summed E-state index contributed by atoms with van der Waals surface area (Å²) in [6.45, 7) is 0.205. The van der Waals surface area contributed by atoms with Gasteiger partial charge in [-0.25, -0.2) is 4.39 Å². The van der Waals surface area contributed by atoms with Gasteiger partial charge in [0, 0.05) is 18.2 Å². The Kier molecular flexibility index (Phi) is 6.76. The minimum absolute atomic E-state index is 0.0623. The van der Waals surface area contributed by atoms with E-state index in [9.17, 15) is 18.5 Å². The van der Waals surface area contributed by atoms with Gasteiger partial charge in [0.05, 0.1) is 28.3 Å². The van der Waals surface area contributed by atoms with Crippen LogP contribution >= 0.6 is 23.2 Å². The molecule has 0 saturated carbocycles. The highest BCUT2D eigenvalue weighted by molar-refractivity contribution is 7.97. The molecule has 0 aromatic heterocycles. The van der Waals surface area contributed by atoms with Gasteiger partial charge < -0.3 is 9.87 Å². The third-order valence-electron chi connectivity index (χ3n) is 5.11. The quantitative estimate of drug-likeness (QED) is 0.382. The lowest BCUT2D eigenvalue weighted by atomic mass is 10.0. The zero-order valence-corrected chi connectivity index (χ0v) is 19.6. The zero-order valence-electron chi connectivity index (χ0n) is 17.3. The number of anilines is 1. The van der Waals surface area contributed by atoms with Crippen LogP contribution in [0.15, 0.2) is 65.6 Å². The molecule has 1 N–H and O–H groups in total. The van der Waals surface area contributed by atoms with Crippen LogP contribution in [0.2, 0.25) is 10.0 Å². The van der Waals surface area contributed by atoms with Crippen LogP contribution in [0, 0.1) is 5.82 Å². The maximum atomic E-state index is 13.2. The van der Waals surface area contributed by atoms with Crippen LogP contribution in [0.5, 0.6) is 0 Å². The van der Waals surface area contributed by atoms with Gasteiger partial charge in [0.25, 0.3) is 5.91 Å². The molecule has 0 radical (unpaired) electrons. The predicted molar refractivity (Wildman–Crippen MR) is 129 cm³/mol. The summed E-state index contributed by atoms with van der Waals surface area (Å²) < 4.78 is 27.5. The number of ketones is 1. The molecule has 0 spiro atoms. The van der Waals surface area contributed by atoms with Crippen molar-refractivity contribution >= 4 is 58.0 Å². The third-order valence-corrected chi connectivity index (χ3v) is 7.22. The summed E-state index contributed by atoms with van der Waals surface area (Å²) >= 11 is 10.3.